The number of carbonyl (C=O) groups is 2. The van der Waals surface area contributed by atoms with Crippen LogP contribution in [0, 0.1) is 25.7 Å². The molecule has 0 radical (unpaired) electrons. The zero-order valence-electron chi connectivity index (χ0n) is 26.6. The summed E-state index contributed by atoms with van der Waals surface area (Å²) in [7, 11) is 0. The van der Waals surface area contributed by atoms with E-state index < -0.39 is 23.8 Å². The Labute approximate surface area is 251 Å². The Bertz CT molecular complexity index is 1070. The van der Waals surface area contributed by atoms with Crippen LogP contribution in [0.4, 0.5) is 0 Å². The highest BCUT2D eigenvalue weighted by Gasteiger charge is 2.24. The molecule has 0 saturated carbocycles. The van der Waals surface area contributed by atoms with Gasteiger partial charge in [0.25, 0.3) is 0 Å². The number of benzene rings is 2. The van der Waals surface area contributed by atoms with Crippen LogP contribution in [0.5, 0.6) is 0 Å². The lowest BCUT2D eigenvalue weighted by molar-refractivity contribution is -0.239. The first-order valence-corrected chi connectivity index (χ1v) is 14.7. The zero-order chi connectivity index (χ0) is 31.5. The van der Waals surface area contributed by atoms with E-state index in [-0.39, 0.29) is 10.8 Å². The maximum atomic E-state index is 12.2. The van der Waals surface area contributed by atoms with Gasteiger partial charge in [-0.1, -0.05) is 89.1 Å². The van der Waals surface area contributed by atoms with E-state index in [2.05, 4.69) is 75.6 Å². The number of aryl methyl sites for hydroxylation is 2. The van der Waals surface area contributed by atoms with Crippen molar-refractivity contribution in [2.24, 2.45) is 11.8 Å². The predicted octanol–water partition coefficient (Wildman–Crippen LogP) is 6.76. The quantitative estimate of drug-likeness (QED) is 0.134. The van der Waals surface area contributed by atoms with Crippen LogP contribution in [0.15, 0.2) is 36.4 Å². The van der Waals surface area contributed by atoms with E-state index in [1.165, 1.54) is 11.1 Å². The maximum absolute atomic E-state index is 12.2. The van der Waals surface area contributed by atoms with Crippen LogP contribution in [-0.4, -0.2) is 48.9 Å². The summed E-state index contributed by atoms with van der Waals surface area (Å²) in [5.74, 6) is -2.45. The standard InChI is InChI=1S/C34H50O8/c1-23-15-25(21-29(17-23)33(3,4)5)19-27(31(35)41-37)9-11-39-13-14-40-12-10-28(32(36)42-38)20-26-16-24(2)18-30(22-26)34(6,7)8/h15-18,21-22,27-28,37-38H,9-14,19-20H2,1-8H3. The molecule has 0 fully saturated rings. The Morgan fingerprint density at radius 2 is 0.976 bits per heavy atom. The summed E-state index contributed by atoms with van der Waals surface area (Å²) in [6, 6.07) is 12.6. The fraction of sp³-hybridized carbons (Fsp3) is 0.588. The lowest BCUT2D eigenvalue weighted by Crippen LogP contribution is -2.22. The Morgan fingerprint density at radius 3 is 1.29 bits per heavy atom. The lowest BCUT2D eigenvalue weighted by Gasteiger charge is -2.22. The fourth-order valence-corrected chi connectivity index (χ4v) is 4.92. The summed E-state index contributed by atoms with van der Waals surface area (Å²) in [5, 5.41) is 18.0. The number of ether oxygens (including phenoxy) is 2. The first kappa shape index (κ1) is 35.4. The van der Waals surface area contributed by atoms with E-state index in [0.29, 0.717) is 52.1 Å². The van der Waals surface area contributed by atoms with Crippen molar-refractivity contribution in [2.45, 2.75) is 91.9 Å². The third-order valence-electron chi connectivity index (χ3n) is 7.41. The van der Waals surface area contributed by atoms with Crippen LogP contribution in [0.2, 0.25) is 0 Å². The molecule has 0 spiro atoms. The van der Waals surface area contributed by atoms with Crippen LogP contribution >= 0.6 is 0 Å². The molecule has 42 heavy (non-hydrogen) atoms. The molecule has 2 rings (SSSR count). The molecule has 0 aliphatic rings. The SMILES string of the molecule is Cc1cc(CC(CCOCCOCCC(Cc2cc(C)cc(C(C)(C)C)c2)C(=O)OO)C(=O)OO)cc(C(C)(C)C)c1. The number of rotatable bonds is 15. The van der Waals surface area contributed by atoms with Crippen molar-refractivity contribution in [3.8, 4) is 0 Å². The molecular weight excluding hydrogens is 536 g/mol. The van der Waals surface area contributed by atoms with Crippen LogP contribution in [0.3, 0.4) is 0 Å². The van der Waals surface area contributed by atoms with Gasteiger partial charge in [0, 0.05) is 13.2 Å². The molecule has 0 heterocycles. The Balaban J connectivity index is 1.82. The number of hydrogen-bond acceptors (Lipinski definition) is 8. The molecule has 0 saturated heterocycles. The fourth-order valence-electron chi connectivity index (χ4n) is 4.92. The van der Waals surface area contributed by atoms with Gasteiger partial charge >= 0.3 is 11.9 Å². The topological polar surface area (TPSA) is 112 Å². The third-order valence-corrected chi connectivity index (χ3v) is 7.41. The Hall–Kier alpha value is -2.78. The minimum Gasteiger partial charge on any atom is -0.379 e. The molecular formula is C34H50O8. The molecule has 8 nitrogen and oxygen atoms in total. The molecule has 0 bridgehead atoms. The van der Waals surface area contributed by atoms with Gasteiger partial charge in [-0.3, -0.25) is 0 Å². The summed E-state index contributed by atoms with van der Waals surface area (Å²) < 4.78 is 11.4. The smallest absolute Gasteiger partial charge is 0.345 e. The van der Waals surface area contributed by atoms with E-state index in [1.807, 2.05) is 26.0 Å². The van der Waals surface area contributed by atoms with Gasteiger partial charge < -0.3 is 19.2 Å². The predicted molar refractivity (Wildman–Crippen MR) is 162 cm³/mol. The highest BCUT2D eigenvalue weighted by atomic mass is 17.1. The lowest BCUT2D eigenvalue weighted by atomic mass is 9.84. The third kappa shape index (κ3) is 11.8. The second kappa shape index (κ2) is 16.2. The summed E-state index contributed by atoms with van der Waals surface area (Å²) in [5.41, 5.74) is 6.58. The summed E-state index contributed by atoms with van der Waals surface area (Å²) in [4.78, 5) is 32.6. The molecule has 0 amide bonds. The van der Waals surface area contributed by atoms with Crippen molar-refractivity contribution in [3.05, 3.63) is 69.8 Å². The molecule has 0 aromatic heterocycles. The summed E-state index contributed by atoms with van der Waals surface area (Å²) in [6.07, 6.45) is 1.64. The van der Waals surface area contributed by atoms with Crippen molar-refractivity contribution >= 4 is 11.9 Å². The van der Waals surface area contributed by atoms with Gasteiger partial charge in [0.1, 0.15) is 0 Å². The Morgan fingerprint density at radius 1 is 0.619 bits per heavy atom. The molecule has 2 unspecified atom stereocenters. The van der Waals surface area contributed by atoms with Crippen molar-refractivity contribution in [3.63, 3.8) is 0 Å². The van der Waals surface area contributed by atoms with E-state index in [4.69, 9.17) is 20.0 Å². The van der Waals surface area contributed by atoms with Gasteiger partial charge in [-0.05, 0) is 72.6 Å². The molecule has 2 atom stereocenters. The van der Waals surface area contributed by atoms with Gasteiger partial charge in [-0.25, -0.2) is 9.59 Å². The van der Waals surface area contributed by atoms with E-state index in [1.54, 1.807) is 0 Å². The molecule has 0 aliphatic heterocycles. The molecule has 8 heteroatoms. The molecule has 0 aliphatic carbocycles. The molecule has 2 N–H and O–H groups in total. The second-order valence-corrected chi connectivity index (χ2v) is 13.3. The first-order chi connectivity index (χ1) is 19.6. The van der Waals surface area contributed by atoms with Crippen LogP contribution in [0.25, 0.3) is 0 Å². The second-order valence-electron chi connectivity index (χ2n) is 13.3. The largest absolute Gasteiger partial charge is 0.379 e. The van der Waals surface area contributed by atoms with E-state index in [9.17, 15) is 9.59 Å². The first-order valence-electron chi connectivity index (χ1n) is 14.7. The minimum absolute atomic E-state index is 0.0222. The Kier molecular flexibility index (Phi) is 13.6. The average Bonchev–Trinajstić information content (AvgIpc) is 2.90. The molecule has 2 aromatic carbocycles. The highest BCUT2D eigenvalue weighted by molar-refractivity contribution is 5.72. The normalized spacial score (nSPS) is 13.5. The van der Waals surface area contributed by atoms with E-state index >= 15 is 0 Å². The number of hydrogen-bond donors (Lipinski definition) is 2. The van der Waals surface area contributed by atoms with Crippen molar-refractivity contribution in [2.75, 3.05) is 26.4 Å². The zero-order valence-corrected chi connectivity index (χ0v) is 26.6. The molecule has 2 aromatic rings. The van der Waals surface area contributed by atoms with Crippen molar-refractivity contribution < 1.29 is 39.4 Å². The van der Waals surface area contributed by atoms with Gasteiger partial charge in [0.2, 0.25) is 0 Å². The summed E-state index contributed by atoms with van der Waals surface area (Å²) in [6.45, 7) is 18.1. The highest BCUT2D eigenvalue weighted by Crippen LogP contribution is 2.27. The van der Waals surface area contributed by atoms with Crippen LogP contribution < -0.4 is 0 Å². The van der Waals surface area contributed by atoms with Crippen molar-refractivity contribution in [1.29, 1.82) is 0 Å². The van der Waals surface area contributed by atoms with E-state index in [0.717, 1.165) is 22.3 Å². The van der Waals surface area contributed by atoms with Gasteiger partial charge in [-0.2, -0.15) is 10.5 Å². The van der Waals surface area contributed by atoms with Crippen molar-refractivity contribution in [1.82, 2.24) is 0 Å². The number of carbonyl (C=O) groups excluding carboxylic acids is 2. The van der Waals surface area contributed by atoms with Gasteiger partial charge in [0.05, 0.1) is 25.0 Å². The maximum Gasteiger partial charge on any atom is 0.345 e. The van der Waals surface area contributed by atoms with Gasteiger partial charge in [-0.15, -0.1) is 0 Å². The monoisotopic (exact) mass is 586 g/mol. The summed E-state index contributed by atoms with van der Waals surface area (Å²) >= 11 is 0. The van der Waals surface area contributed by atoms with Crippen LogP contribution in [0.1, 0.15) is 87.8 Å². The van der Waals surface area contributed by atoms with Crippen LogP contribution in [-0.2, 0) is 52.5 Å². The van der Waals surface area contributed by atoms with Gasteiger partial charge in [0.15, 0.2) is 0 Å². The molecule has 234 valence electrons. The average molecular weight is 587 g/mol. The minimum atomic E-state index is -0.682.